The number of nitrogens with one attached hydrogen (secondary N) is 1. The van der Waals surface area contributed by atoms with E-state index in [9.17, 15) is 0 Å². The van der Waals surface area contributed by atoms with E-state index in [0.717, 1.165) is 26.2 Å². The van der Waals surface area contributed by atoms with Gasteiger partial charge in [0.1, 0.15) is 13.1 Å². The van der Waals surface area contributed by atoms with Crippen molar-refractivity contribution in [2.24, 2.45) is 0 Å². The Labute approximate surface area is 56.1 Å². The van der Waals surface area contributed by atoms with Gasteiger partial charge < -0.3 is 0 Å². The van der Waals surface area contributed by atoms with Crippen LogP contribution in [0.2, 0.25) is 0 Å². The molecule has 54 valence electrons. The Morgan fingerprint density at radius 1 is 1.33 bits per heavy atom. The summed E-state index contributed by atoms with van der Waals surface area (Å²) in [6.07, 6.45) is 0. The molecule has 9 heavy (non-hydrogen) atoms. The minimum absolute atomic E-state index is 1.12. The first-order chi connectivity index (χ1) is 4.33. The van der Waals surface area contributed by atoms with Gasteiger partial charge in [0.05, 0.1) is 20.2 Å². The van der Waals surface area contributed by atoms with Gasteiger partial charge in [0.25, 0.3) is 0 Å². The van der Waals surface area contributed by atoms with Crippen molar-refractivity contribution in [2.75, 3.05) is 40.3 Å². The maximum Gasteiger partial charge on any atom is 0.120 e. The Morgan fingerprint density at radius 3 is 2.33 bits per heavy atom. The molecule has 0 amide bonds. The van der Waals surface area contributed by atoms with Gasteiger partial charge in [-0.25, -0.2) is 4.84 Å². The SMILES string of the molecule is CO[NH+]1CCN(C)CC1. The Kier molecular flexibility index (Phi) is 2.45. The summed E-state index contributed by atoms with van der Waals surface area (Å²) in [5.41, 5.74) is 0. The summed E-state index contributed by atoms with van der Waals surface area (Å²) in [7, 11) is 3.91. The van der Waals surface area contributed by atoms with Crippen molar-refractivity contribution >= 4 is 0 Å². The van der Waals surface area contributed by atoms with Gasteiger partial charge in [-0.05, 0) is 7.05 Å². The fraction of sp³-hybridized carbons (Fsp3) is 1.00. The van der Waals surface area contributed by atoms with E-state index in [4.69, 9.17) is 4.84 Å². The standard InChI is InChI=1S/C6H14N2O/c1-7-3-5-8(9-2)6-4-7/h3-6H2,1-2H3/p+1. The molecule has 0 saturated carbocycles. The fourth-order valence-electron chi connectivity index (χ4n) is 1.07. The molecule has 1 aliphatic heterocycles. The molecule has 1 aliphatic rings. The summed E-state index contributed by atoms with van der Waals surface area (Å²) in [6.45, 7) is 4.55. The number of hydroxylamine groups is 2. The second-order valence-corrected chi connectivity index (χ2v) is 2.55. The third kappa shape index (κ3) is 1.93. The minimum Gasteiger partial charge on any atom is -0.295 e. The van der Waals surface area contributed by atoms with Crippen molar-refractivity contribution in [2.45, 2.75) is 0 Å². The normalized spacial score (nSPS) is 24.7. The van der Waals surface area contributed by atoms with Gasteiger partial charge in [-0.2, -0.15) is 5.06 Å². The third-order valence-corrected chi connectivity index (χ3v) is 1.83. The molecule has 0 radical (unpaired) electrons. The van der Waals surface area contributed by atoms with Crippen LogP contribution in [0.15, 0.2) is 0 Å². The molecule has 1 fully saturated rings. The molecule has 0 aliphatic carbocycles. The summed E-state index contributed by atoms with van der Waals surface area (Å²) < 4.78 is 0. The Hall–Kier alpha value is -0.120. The average Bonchev–Trinajstić information content (AvgIpc) is 1.90. The lowest BCUT2D eigenvalue weighted by molar-refractivity contribution is -1.09. The van der Waals surface area contributed by atoms with Gasteiger partial charge in [-0.15, -0.1) is 0 Å². The molecule has 1 rings (SSSR count). The van der Waals surface area contributed by atoms with Gasteiger partial charge >= 0.3 is 0 Å². The van der Waals surface area contributed by atoms with E-state index >= 15 is 0 Å². The van der Waals surface area contributed by atoms with E-state index in [-0.39, 0.29) is 0 Å². The van der Waals surface area contributed by atoms with Crippen molar-refractivity contribution in [1.82, 2.24) is 4.90 Å². The molecule has 1 saturated heterocycles. The van der Waals surface area contributed by atoms with Crippen molar-refractivity contribution in [1.29, 1.82) is 0 Å². The summed E-state index contributed by atoms with van der Waals surface area (Å²) in [5.74, 6) is 0. The van der Waals surface area contributed by atoms with Crippen LogP contribution in [-0.4, -0.2) is 45.2 Å². The summed E-state index contributed by atoms with van der Waals surface area (Å²) in [6, 6.07) is 0. The number of hydrogen-bond acceptors (Lipinski definition) is 2. The minimum atomic E-state index is 1.12. The number of nitrogens with zero attached hydrogens (tertiary/aromatic N) is 1. The van der Waals surface area contributed by atoms with E-state index in [1.807, 2.05) is 0 Å². The molecule has 3 nitrogen and oxygen atoms in total. The molecule has 1 heterocycles. The van der Waals surface area contributed by atoms with Crippen LogP contribution in [0.1, 0.15) is 0 Å². The second-order valence-electron chi connectivity index (χ2n) is 2.55. The molecule has 0 aromatic carbocycles. The van der Waals surface area contributed by atoms with Gasteiger partial charge in [0.15, 0.2) is 0 Å². The van der Waals surface area contributed by atoms with E-state index in [1.165, 1.54) is 5.06 Å². The Balaban J connectivity index is 2.18. The van der Waals surface area contributed by atoms with Gasteiger partial charge in [0, 0.05) is 0 Å². The first-order valence-corrected chi connectivity index (χ1v) is 3.40. The maximum absolute atomic E-state index is 5.13. The van der Waals surface area contributed by atoms with Crippen LogP contribution in [0.5, 0.6) is 0 Å². The fourth-order valence-corrected chi connectivity index (χ4v) is 1.07. The van der Waals surface area contributed by atoms with Crippen LogP contribution in [-0.2, 0) is 4.84 Å². The molecule has 3 heteroatoms. The van der Waals surface area contributed by atoms with E-state index in [1.54, 1.807) is 7.11 Å². The first-order valence-electron chi connectivity index (χ1n) is 3.40. The molecule has 0 atom stereocenters. The lowest BCUT2D eigenvalue weighted by atomic mass is 10.4. The maximum atomic E-state index is 5.13. The molecule has 0 aromatic rings. The molecule has 0 aromatic heterocycles. The molecule has 0 bridgehead atoms. The summed E-state index contributed by atoms with van der Waals surface area (Å²) >= 11 is 0. The zero-order chi connectivity index (χ0) is 6.69. The largest absolute Gasteiger partial charge is 0.295 e. The third-order valence-electron chi connectivity index (χ3n) is 1.83. The lowest BCUT2D eigenvalue weighted by Crippen LogP contribution is -3.13. The van der Waals surface area contributed by atoms with E-state index in [0.29, 0.717) is 0 Å². The number of rotatable bonds is 1. The molecular weight excluding hydrogens is 116 g/mol. The number of likely N-dealkylation sites (N-methyl/N-ethyl adjacent to an activating group) is 1. The van der Waals surface area contributed by atoms with Crippen LogP contribution in [0.25, 0.3) is 0 Å². The average molecular weight is 131 g/mol. The van der Waals surface area contributed by atoms with Gasteiger partial charge in [-0.1, -0.05) is 0 Å². The van der Waals surface area contributed by atoms with Crippen LogP contribution < -0.4 is 5.06 Å². The van der Waals surface area contributed by atoms with Gasteiger partial charge in [-0.3, -0.25) is 4.90 Å². The van der Waals surface area contributed by atoms with E-state index in [2.05, 4.69) is 11.9 Å². The van der Waals surface area contributed by atoms with Crippen LogP contribution in [0.4, 0.5) is 0 Å². The summed E-state index contributed by atoms with van der Waals surface area (Å²) in [5, 5.41) is 1.26. The molecule has 1 N–H and O–H groups in total. The monoisotopic (exact) mass is 131 g/mol. The number of hydrogen-bond donors (Lipinski definition) is 1. The van der Waals surface area contributed by atoms with Crippen molar-refractivity contribution in [3.63, 3.8) is 0 Å². The smallest absolute Gasteiger partial charge is 0.120 e. The van der Waals surface area contributed by atoms with Gasteiger partial charge in [0.2, 0.25) is 0 Å². The second kappa shape index (κ2) is 3.15. The number of piperazine rings is 1. The zero-order valence-corrected chi connectivity index (χ0v) is 6.18. The van der Waals surface area contributed by atoms with E-state index < -0.39 is 0 Å². The quantitative estimate of drug-likeness (QED) is 0.460. The topological polar surface area (TPSA) is 16.9 Å². The highest BCUT2D eigenvalue weighted by Crippen LogP contribution is 1.80. The first kappa shape index (κ1) is 6.99. The van der Waals surface area contributed by atoms with Crippen molar-refractivity contribution < 1.29 is 9.90 Å². The predicted octanol–water partition coefficient (Wildman–Crippen LogP) is -1.62. The highest BCUT2D eigenvalue weighted by Gasteiger charge is 2.15. The van der Waals surface area contributed by atoms with Crippen LogP contribution in [0.3, 0.4) is 0 Å². The predicted molar refractivity (Wildman–Crippen MR) is 35.2 cm³/mol. The zero-order valence-electron chi connectivity index (χ0n) is 6.18. The molecular formula is C6H15N2O+. The van der Waals surface area contributed by atoms with Crippen molar-refractivity contribution in [3.8, 4) is 0 Å². The Morgan fingerprint density at radius 2 is 1.89 bits per heavy atom. The number of quaternary nitrogens is 1. The Bertz CT molecular complexity index is 79.1. The lowest BCUT2D eigenvalue weighted by Gasteiger charge is -2.26. The van der Waals surface area contributed by atoms with Crippen LogP contribution >= 0.6 is 0 Å². The highest BCUT2D eigenvalue weighted by molar-refractivity contribution is 4.50. The molecule has 0 spiro atoms. The summed E-state index contributed by atoms with van der Waals surface area (Å²) in [4.78, 5) is 7.45. The van der Waals surface area contributed by atoms with Crippen molar-refractivity contribution in [3.05, 3.63) is 0 Å². The molecule has 0 unspecified atom stereocenters. The van der Waals surface area contributed by atoms with Crippen LogP contribution in [0, 0.1) is 0 Å². The highest BCUT2D eigenvalue weighted by atomic mass is 16.7.